The van der Waals surface area contributed by atoms with Crippen molar-refractivity contribution in [3.8, 4) is 0 Å². The van der Waals surface area contributed by atoms with Crippen molar-refractivity contribution in [1.29, 1.82) is 0 Å². The van der Waals surface area contributed by atoms with Crippen LogP contribution in [-0.4, -0.2) is 76.9 Å². The van der Waals surface area contributed by atoms with Crippen molar-refractivity contribution >= 4 is 74.1 Å². The summed E-state index contributed by atoms with van der Waals surface area (Å²) in [6, 6.07) is 3.18. The molecule has 76 valence electrons. The monoisotopic (exact) mass is 254 g/mol. The summed E-state index contributed by atoms with van der Waals surface area (Å²) in [5.41, 5.74) is 0.0319. The number of carbonyl (C=O) groups is 2. The molecule has 0 spiro atoms. The molecule has 1 aromatic carbocycles. The molecule has 0 heterocycles. The van der Waals surface area contributed by atoms with Gasteiger partial charge < -0.3 is 0 Å². The third-order valence-corrected chi connectivity index (χ3v) is 2.35. The molecule has 0 saturated carbocycles. The molecule has 0 bridgehead atoms. The van der Waals surface area contributed by atoms with Crippen molar-refractivity contribution in [2.45, 2.75) is 4.90 Å². The van der Waals surface area contributed by atoms with Crippen LogP contribution in [0.5, 0.6) is 0 Å². The molecule has 7 heteroatoms. The van der Waals surface area contributed by atoms with Crippen molar-refractivity contribution in [3.63, 3.8) is 0 Å². The average molecular weight is 254 g/mol. The Morgan fingerprint density at radius 1 is 1.00 bits per heavy atom. The number of aldehydes is 2. The molecule has 0 amide bonds. The van der Waals surface area contributed by atoms with Crippen LogP contribution in [0.15, 0.2) is 23.1 Å². The molecule has 0 radical (unpaired) electrons. The van der Waals surface area contributed by atoms with Crippen LogP contribution < -0.4 is 0 Å². The van der Waals surface area contributed by atoms with Gasteiger partial charge in [0.1, 0.15) is 12.6 Å². The fourth-order valence-electron chi connectivity index (χ4n) is 0.931. The van der Waals surface area contributed by atoms with Crippen molar-refractivity contribution in [3.05, 3.63) is 29.3 Å². The van der Waals surface area contributed by atoms with Gasteiger partial charge in [0.05, 0.1) is 4.90 Å². The Hall–Kier alpha value is 0.106. The summed E-state index contributed by atoms with van der Waals surface area (Å²) in [7, 11) is -4.39. The molecule has 1 aromatic rings. The van der Waals surface area contributed by atoms with Crippen molar-refractivity contribution in [1.82, 2.24) is 0 Å². The van der Waals surface area contributed by atoms with Crippen molar-refractivity contribution in [2.75, 3.05) is 0 Å². The predicted octanol–water partition coefficient (Wildman–Crippen LogP) is -0.0902. The topological polar surface area (TPSA) is 88.5 Å². The number of rotatable bonds is 3. The zero-order valence-corrected chi connectivity index (χ0v) is 7.69. The molecule has 0 atom stereocenters. The van der Waals surface area contributed by atoms with Gasteiger partial charge in [0.15, 0.2) is 0 Å². The number of hydrogen-bond acceptors (Lipinski definition) is 4. The Balaban J connectivity index is 0.00000196. The second-order valence-electron chi connectivity index (χ2n) is 2.55. The van der Waals surface area contributed by atoms with Crippen LogP contribution in [0.25, 0.3) is 0 Å². The number of carbonyl (C=O) groups excluding carboxylic acids is 2. The van der Waals surface area contributed by atoms with Gasteiger partial charge in [-0.2, -0.15) is 8.42 Å². The molecule has 1 N–H and O–H groups in total. The van der Waals surface area contributed by atoms with E-state index < -0.39 is 15.0 Å². The average Bonchev–Trinajstić information content (AvgIpc) is 2.15. The van der Waals surface area contributed by atoms with Crippen LogP contribution in [0.3, 0.4) is 0 Å². The van der Waals surface area contributed by atoms with Crippen LogP contribution in [0.1, 0.15) is 20.7 Å². The van der Waals surface area contributed by atoms with Gasteiger partial charge in [0.25, 0.3) is 10.1 Å². The van der Waals surface area contributed by atoms with Gasteiger partial charge in [-0.15, -0.1) is 0 Å². The van der Waals surface area contributed by atoms with Crippen LogP contribution in [0, 0.1) is 0 Å². The van der Waals surface area contributed by atoms with Crippen molar-refractivity contribution in [2.24, 2.45) is 0 Å². The van der Waals surface area contributed by atoms with Gasteiger partial charge >= 0.3 is 51.4 Å². The van der Waals surface area contributed by atoms with E-state index in [2.05, 4.69) is 0 Å². The fourth-order valence-corrected chi connectivity index (χ4v) is 1.50. The zero-order valence-electron chi connectivity index (χ0n) is 6.88. The molecule has 5 nitrogen and oxygen atoms in total. The summed E-state index contributed by atoms with van der Waals surface area (Å²) in [5.74, 6) is 0. The Kier molecular flexibility index (Phi) is 6.04. The first-order valence-electron chi connectivity index (χ1n) is 3.50. The van der Waals surface area contributed by atoms with E-state index in [1.54, 1.807) is 0 Å². The van der Waals surface area contributed by atoms with Gasteiger partial charge in [-0.3, -0.25) is 14.1 Å². The summed E-state index contributed by atoms with van der Waals surface area (Å²) in [5, 5.41) is 0. The number of benzene rings is 1. The van der Waals surface area contributed by atoms with E-state index in [1.165, 1.54) is 6.07 Å². The van der Waals surface area contributed by atoms with Gasteiger partial charge in [0.2, 0.25) is 0 Å². The van der Waals surface area contributed by atoms with E-state index in [-0.39, 0.29) is 62.5 Å². The van der Waals surface area contributed by atoms with Gasteiger partial charge in [-0.25, -0.2) is 0 Å². The minimum atomic E-state index is -4.39. The Labute approximate surface area is 129 Å². The van der Waals surface area contributed by atoms with E-state index in [1.807, 2.05) is 0 Å². The summed E-state index contributed by atoms with van der Waals surface area (Å²) in [6.07, 6.45) is 0.781. The van der Waals surface area contributed by atoms with Crippen LogP contribution in [0.4, 0.5) is 0 Å². The van der Waals surface area contributed by atoms with E-state index in [0.29, 0.717) is 12.6 Å². The first-order valence-corrected chi connectivity index (χ1v) is 4.94. The molecule has 1 rings (SSSR count). The predicted molar refractivity (Wildman–Crippen MR) is 54.2 cm³/mol. The molecule has 0 aliphatic heterocycles. The second kappa shape index (κ2) is 5.99. The third kappa shape index (κ3) is 4.23. The maximum atomic E-state index is 10.7. The first-order chi connectivity index (χ1) is 6.47. The second-order valence-corrected chi connectivity index (χ2v) is 3.97. The molecule has 15 heavy (non-hydrogen) atoms. The van der Waals surface area contributed by atoms with Gasteiger partial charge in [0, 0.05) is 11.1 Å². The summed E-state index contributed by atoms with van der Waals surface area (Å²) < 4.78 is 30.1. The molecule has 0 unspecified atom stereocenters. The molecule has 0 fully saturated rings. The fraction of sp³-hybridized carbons (Fsp3) is 0. The first kappa shape index (κ1) is 15.1. The van der Waals surface area contributed by atoms with Crippen molar-refractivity contribution < 1.29 is 22.6 Å². The van der Waals surface area contributed by atoms with Gasteiger partial charge in [-0.05, 0) is 18.2 Å². The van der Waals surface area contributed by atoms with E-state index in [0.717, 1.165) is 12.1 Å². The third-order valence-electron chi connectivity index (χ3n) is 1.52. The minimum absolute atomic E-state index is 0. The Bertz CT molecular complexity index is 454. The van der Waals surface area contributed by atoms with E-state index in [4.69, 9.17) is 4.55 Å². The standard InChI is InChI=1S/C8H6O5S.K.H/c9-4-6-1-7(5-10)3-8(2-6)14(11,12)13;;/h1-5H,(H,11,12,13);;. The Morgan fingerprint density at radius 2 is 1.40 bits per heavy atom. The summed E-state index contributed by atoms with van der Waals surface area (Å²) in [4.78, 5) is 20.3. The van der Waals surface area contributed by atoms with Gasteiger partial charge in [-0.1, -0.05) is 0 Å². The quantitative estimate of drug-likeness (QED) is 0.462. The number of hydrogen-bond donors (Lipinski definition) is 1. The van der Waals surface area contributed by atoms with E-state index >= 15 is 0 Å². The molecule has 0 aromatic heterocycles. The Morgan fingerprint density at radius 3 is 1.67 bits per heavy atom. The maximum absolute atomic E-state index is 10.7. The normalized spacial score (nSPS) is 10.2. The van der Waals surface area contributed by atoms with Crippen LogP contribution in [-0.2, 0) is 10.1 Å². The zero-order chi connectivity index (χ0) is 10.8. The van der Waals surface area contributed by atoms with Crippen LogP contribution in [0.2, 0.25) is 0 Å². The summed E-state index contributed by atoms with van der Waals surface area (Å²) in [6.45, 7) is 0. The van der Waals surface area contributed by atoms with E-state index in [9.17, 15) is 18.0 Å². The molecular formula is C8H7KO5S. The molecule has 0 saturated heterocycles. The molecule has 0 aliphatic rings. The SMILES string of the molecule is O=Cc1cc(C=O)cc(S(=O)(=O)O)c1.[KH]. The summed E-state index contributed by atoms with van der Waals surface area (Å²) >= 11 is 0. The van der Waals surface area contributed by atoms with Crippen LogP contribution >= 0.6 is 0 Å². The molecule has 0 aliphatic carbocycles. The molecular weight excluding hydrogens is 247 g/mol.